The van der Waals surface area contributed by atoms with Crippen LogP contribution < -0.4 is 15.4 Å². The maximum atomic E-state index is 12.4. The lowest BCUT2D eigenvalue weighted by Gasteiger charge is -2.24. The quantitative estimate of drug-likeness (QED) is 0.614. The topological polar surface area (TPSA) is 89.0 Å². The van der Waals surface area contributed by atoms with Gasteiger partial charge in [0.25, 0.3) is 0 Å². The monoisotopic (exact) mass is 417 g/mol. The number of ether oxygens (including phenoxy) is 1. The molecular weight excluding hydrogens is 399 g/mol. The van der Waals surface area contributed by atoms with Gasteiger partial charge >= 0.3 is 6.36 Å². The minimum absolute atomic E-state index is 0.167. The van der Waals surface area contributed by atoms with Gasteiger partial charge in [-0.25, -0.2) is 15.0 Å². The molecule has 1 aliphatic rings. The van der Waals surface area contributed by atoms with E-state index in [-0.39, 0.29) is 11.8 Å². The van der Waals surface area contributed by atoms with Crippen LogP contribution in [0.3, 0.4) is 0 Å². The van der Waals surface area contributed by atoms with Crippen LogP contribution in [0.1, 0.15) is 23.2 Å². The number of benzene rings is 1. The molecule has 7 nitrogen and oxygen atoms in total. The summed E-state index contributed by atoms with van der Waals surface area (Å²) in [6.07, 6.45) is -0.712. The highest BCUT2D eigenvalue weighted by Gasteiger charge is 2.31. The maximum Gasteiger partial charge on any atom is 0.573 e. The van der Waals surface area contributed by atoms with E-state index >= 15 is 0 Å². The Hall–Kier alpha value is -3.27. The number of hydrogen-bond donors (Lipinski definition) is 2. The number of carbonyl (C=O) groups excluding carboxylic acids is 1. The van der Waals surface area contributed by atoms with Crippen molar-refractivity contribution in [1.82, 2.24) is 20.3 Å². The molecule has 1 saturated heterocycles. The molecule has 0 spiro atoms. The number of carbonyl (C=O) groups is 1. The number of hydrogen-bond acceptors (Lipinski definition) is 7. The smallest absolute Gasteiger partial charge is 0.406 e. The van der Waals surface area contributed by atoms with Gasteiger partial charge in [-0.15, -0.1) is 13.2 Å². The number of aldehydes is 1. The summed E-state index contributed by atoms with van der Waals surface area (Å²) in [6.45, 7) is 1.75. The van der Waals surface area contributed by atoms with Crippen LogP contribution in [0.25, 0.3) is 22.3 Å². The Kier molecular flexibility index (Phi) is 5.49. The largest absolute Gasteiger partial charge is 0.573 e. The zero-order valence-corrected chi connectivity index (χ0v) is 15.7. The molecular formula is C20H18F3N5O2. The molecule has 1 fully saturated rings. The van der Waals surface area contributed by atoms with Gasteiger partial charge in [0.2, 0.25) is 0 Å². The first kappa shape index (κ1) is 20.0. The van der Waals surface area contributed by atoms with Crippen LogP contribution in [0.5, 0.6) is 5.75 Å². The zero-order valence-electron chi connectivity index (χ0n) is 15.7. The minimum Gasteiger partial charge on any atom is -0.406 e. The fraction of sp³-hybridized carbons (Fsp3) is 0.300. The lowest BCUT2D eigenvalue weighted by atomic mass is 10.1. The van der Waals surface area contributed by atoms with Gasteiger partial charge in [-0.1, -0.05) is 0 Å². The molecule has 1 aliphatic heterocycles. The second-order valence-electron chi connectivity index (χ2n) is 6.89. The summed E-state index contributed by atoms with van der Waals surface area (Å²) >= 11 is 0. The van der Waals surface area contributed by atoms with E-state index in [9.17, 15) is 18.0 Å². The Bertz CT molecular complexity index is 1050. The number of pyridine rings is 1. The van der Waals surface area contributed by atoms with Gasteiger partial charge in [0, 0.05) is 23.7 Å². The molecule has 1 aromatic carbocycles. The molecule has 4 rings (SSSR count). The van der Waals surface area contributed by atoms with Gasteiger partial charge in [0.05, 0.1) is 5.69 Å². The number of alkyl halides is 3. The fourth-order valence-electron chi connectivity index (χ4n) is 3.40. The average Bonchev–Trinajstić information content (AvgIpc) is 2.73. The van der Waals surface area contributed by atoms with Crippen LogP contribution in [0.2, 0.25) is 0 Å². The molecule has 3 aromatic rings. The second-order valence-corrected chi connectivity index (χ2v) is 6.89. The molecule has 0 bridgehead atoms. The van der Waals surface area contributed by atoms with Crippen LogP contribution in [-0.4, -0.2) is 46.7 Å². The zero-order chi connectivity index (χ0) is 21.1. The number of nitrogens with one attached hydrogen (secondary N) is 2. The molecule has 156 valence electrons. The first-order valence-corrected chi connectivity index (χ1v) is 9.37. The normalized spacial score (nSPS) is 17.0. The molecule has 0 amide bonds. The van der Waals surface area contributed by atoms with E-state index in [2.05, 4.69) is 30.3 Å². The summed E-state index contributed by atoms with van der Waals surface area (Å²) in [5.74, 6) is 0.175. The highest BCUT2D eigenvalue weighted by Crippen LogP contribution is 2.29. The third-order valence-electron chi connectivity index (χ3n) is 4.77. The van der Waals surface area contributed by atoms with Crippen molar-refractivity contribution in [2.75, 3.05) is 18.4 Å². The van der Waals surface area contributed by atoms with Crippen LogP contribution in [0, 0.1) is 0 Å². The lowest BCUT2D eigenvalue weighted by molar-refractivity contribution is -0.274. The number of rotatable bonds is 5. The Morgan fingerprint density at radius 2 is 1.97 bits per heavy atom. The van der Waals surface area contributed by atoms with E-state index in [1.807, 2.05) is 0 Å². The van der Waals surface area contributed by atoms with Gasteiger partial charge in [-0.3, -0.25) is 4.79 Å². The summed E-state index contributed by atoms with van der Waals surface area (Å²) in [5.41, 5.74) is 2.11. The van der Waals surface area contributed by atoms with Gasteiger partial charge < -0.3 is 15.4 Å². The molecule has 1 atom stereocenters. The van der Waals surface area contributed by atoms with E-state index in [0.29, 0.717) is 40.0 Å². The van der Waals surface area contributed by atoms with E-state index in [1.54, 1.807) is 6.07 Å². The van der Waals surface area contributed by atoms with E-state index in [1.165, 1.54) is 30.6 Å². The lowest BCUT2D eigenvalue weighted by Crippen LogP contribution is -2.38. The molecule has 0 aliphatic carbocycles. The number of anilines is 1. The predicted molar refractivity (Wildman–Crippen MR) is 104 cm³/mol. The predicted octanol–water partition coefficient (Wildman–Crippen LogP) is 3.57. The summed E-state index contributed by atoms with van der Waals surface area (Å²) < 4.78 is 41.0. The minimum atomic E-state index is -4.76. The average molecular weight is 417 g/mol. The van der Waals surface area contributed by atoms with Gasteiger partial charge in [0.1, 0.15) is 23.1 Å². The van der Waals surface area contributed by atoms with Crippen molar-refractivity contribution in [3.8, 4) is 17.0 Å². The number of nitrogens with zero attached hydrogens (tertiary/aromatic N) is 3. The van der Waals surface area contributed by atoms with Crippen molar-refractivity contribution in [2.45, 2.75) is 25.2 Å². The van der Waals surface area contributed by atoms with Gasteiger partial charge in [-0.2, -0.15) is 0 Å². The molecule has 0 radical (unpaired) electrons. The van der Waals surface area contributed by atoms with Gasteiger partial charge in [-0.05, 0) is 49.7 Å². The molecule has 2 aromatic heterocycles. The van der Waals surface area contributed by atoms with E-state index < -0.39 is 6.36 Å². The highest BCUT2D eigenvalue weighted by molar-refractivity contribution is 5.99. The Labute approximate surface area is 169 Å². The SMILES string of the molecule is O=Cc1cc(-c2ccc(OC(F)(F)F)cc2)nc2c(NC3CCCNC3)ncnc12. The second kappa shape index (κ2) is 8.23. The van der Waals surface area contributed by atoms with Crippen molar-refractivity contribution < 1.29 is 22.7 Å². The molecule has 10 heteroatoms. The van der Waals surface area contributed by atoms with Crippen LogP contribution in [0.4, 0.5) is 19.0 Å². The summed E-state index contributed by atoms with van der Waals surface area (Å²) in [4.78, 5) is 24.7. The summed E-state index contributed by atoms with van der Waals surface area (Å²) in [7, 11) is 0. The third-order valence-corrected chi connectivity index (χ3v) is 4.77. The third kappa shape index (κ3) is 4.48. The van der Waals surface area contributed by atoms with Crippen LogP contribution in [-0.2, 0) is 0 Å². The van der Waals surface area contributed by atoms with Crippen LogP contribution in [0.15, 0.2) is 36.7 Å². The van der Waals surface area contributed by atoms with Crippen molar-refractivity contribution in [3.05, 3.63) is 42.2 Å². The molecule has 30 heavy (non-hydrogen) atoms. The van der Waals surface area contributed by atoms with Crippen molar-refractivity contribution >= 4 is 23.1 Å². The number of fused-ring (bicyclic) bond motifs is 1. The highest BCUT2D eigenvalue weighted by atomic mass is 19.4. The first-order chi connectivity index (χ1) is 14.4. The number of aromatic nitrogens is 3. The van der Waals surface area contributed by atoms with Crippen molar-refractivity contribution in [3.63, 3.8) is 0 Å². The maximum absolute atomic E-state index is 12.4. The number of piperidine rings is 1. The Morgan fingerprint density at radius 1 is 1.17 bits per heavy atom. The fourth-order valence-corrected chi connectivity index (χ4v) is 3.40. The molecule has 1 unspecified atom stereocenters. The first-order valence-electron chi connectivity index (χ1n) is 9.37. The summed E-state index contributed by atoms with van der Waals surface area (Å²) in [6, 6.07) is 7.01. The van der Waals surface area contributed by atoms with Crippen molar-refractivity contribution in [1.29, 1.82) is 0 Å². The van der Waals surface area contributed by atoms with Crippen LogP contribution >= 0.6 is 0 Å². The Morgan fingerprint density at radius 3 is 2.63 bits per heavy atom. The van der Waals surface area contributed by atoms with Crippen molar-refractivity contribution in [2.24, 2.45) is 0 Å². The Balaban J connectivity index is 1.71. The summed E-state index contributed by atoms with van der Waals surface area (Å²) in [5, 5.41) is 6.66. The standard InChI is InChI=1S/C20H18F3N5O2/c21-20(22,23)30-15-5-3-12(4-6-15)16-8-13(10-29)17-18(28-16)19(26-11-25-17)27-14-2-1-7-24-9-14/h3-6,8,10-11,14,24H,1-2,7,9H2,(H,25,26,27). The van der Waals surface area contributed by atoms with Gasteiger partial charge in [0.15, 0.2) is 12.1 Å². The molecule has 2 N–H and O–H groups in total. The number of halogens is 3. The van der Waals surface area contributed by atoms with E-state index in [4.69, 9.17) is 0 Å². The molecule has 0 saturated carbocycles. The van der Waals surface area contributed by atoms with E-state index in [0.717, 1.165) is 25.9 Å². The molecule has 3 heterocycles.